The molecule has 0 atom stereocenters. The van der Waals surface area contributed by atoms with E-state index in [0.717, 1.165) is 16.9 Å². The number of benzene rings is 2. The van der Waals surface area contributed by atoms with E-state index in [1.807, 2.05) is 54.6 Å². The average molecular weight is 199 g/mol. The van der Waals surface area contributed by atoms with Crippen LogP contribution >= 0.6 is 0 Å². The molecule has 0 amide bonds. The molecule has 2 N–H and O–H groups in total. The Bertz CT molecular complexity index is 408. The molecule has 2 aromatic carbocycles. The number of hydrogen-bond acceptors (Lipinski definition) is 2. The van der Waals surface area contributed by atoms with Crippen LogP contribution in [0, 0.1) is 0 Å². The SMILES string of the molecule is OCc1ccc(Nc2ccccc2)cc1. The highest BCUT2D eigenvalue weighted by Gasteiger charge is 1.93. The molecule has 76 valence electrons. The van der Waals surface area contributed by atoms with Gasteiger partial charge < -0.3 is 10.4 Å². The van der Waals surface area contributed by atoms with Crippen molar-refractivity contribution in [2.45, 2.75) is 6.61 Å². The van der Waals surface area contributed by atoms with Gasteiger partial charge in [-0.3, -0.25) is 0 Å². The normalized spacial score (nSPS) is 9.93. The minimum absolute atomic E-state index is 0.0889. The summed E-state index contributed by atoms with van der Waals surface area (Å²) in [4.78, 5) is 0. The summed E-state index contributed by atoms with van der Waals surface area (Å²) in [6.45, 7) is 0.0889. The molecule has 2 aromatic rings. The third-order valence-corrected chi connectivity index (χ3v) is 2.20. The number of aliphatic hydroxyl groups is 1. The van der Waals surface area contributed by atoms with Crippen molar-refractivity contribution in [2.24, 2.45) is 0 Å². The molecule has 2 heteroatoms. The first kappa shape index (κ1) is 9.74. The van der Waals surface area contributed by atoms with Crippen LogP contribution in [0.2, 0.25) is 0 Å². The van der Waals surface area contributed by atoms with E-state index >= 15 is 0 Å². The highest BCUT2D eigenvalue weighted by molar-refractivity contribution is 5.59. The highest BCUT2D eigenvalue weighted by Crippen LogP contribution is 2.16. The zero-order valence-electron chi connectivity index (χ0n) is 8.35. The molecule has 0 aliphatic heterocycles. The summed E-state index contributed by atoms with van der Waals surface area (Å²) in [6, 6.07) is 17.7. The largest absolute Gasteiger partial charge is 0.392 e. The first-order valence-electron chi connectivity index (χ1n) is 4.90. The molecular weight excluding hydrogens is 186 g/mol. The summed E-state index contributed by atoms with van der Waals surface area (Å²) in [5.74, 6) is 0. The van der Waals surface area contributed by atoms with Gasteiger partial charge in [0, 0.05) is 11.4 Å². The van der Waals surface area contributed by atoms with Gasteiger partial charge in [0.05, 0.1) is 6.61 Å². The number of aliphatic hydroxyl groups excluding tert-OH is 1. The maximum Gasteiger partial charge on any atom is 0.0681 e. The summed E-state index contributed by atoms with van der Waals surface area (Å²) in [7, 11) is 0. The molecular formula is C13H13NO. The zero-order valence-corrected chi connectivity index (χ0v) is 8.35. The second-order valence-electron chi connectivity index (χ2n) is 3.35. The Hall–Kier alpha value is -1.80. The summed E-state index contributed by atoms with van der Waals surface area (Å²) in [5.41, 5.74) is 3.02. The lowest BCUT2D eigenvalue weighted by Gasteiger charge is -2.06. The molecule has 0 bridgehead atoms. The van der Waals surface area contributed by atoms with Crippen molar-refractivity contribution < 1.29 is 5.11 Å². The summed E-state index contributed by atoms with van der Waals surface area (Å²) < 4.78 is 0. The van der Waals surface area contributed by atoms with Gasteiger partial charge in [-0.25, -0.2) is 0 Å². The Balaban J connectivity index is 2.11. The van der Waals surface area contributed by atoms with Crippen LogP contribution < -0.4 is 5.32 Å². The number of rotatable bonds is 3. The lowest BCUT2D eigenvalue weighted by molar-refractivity contribution is 0.282. The van der Waals surface area contributed by atoms with Gasteiger partial charge in [-0.15, -0.1) is 0 Å². The topological polar surface area (TPSA) is 32.3 Å². The predicted octanol–water partition coefficient (Wildman–Crippen LogP) is 2.92. The summed E-state index contributed by atoms with van der Waals surface area (Å²) in [6.07, 6.45) is 0. The molecule has 0 radical (unpaired) electrons. The van der Waals surface area contributed by atoms with Gasteiger partial charge in [0.25, 0.3) is 0 Å². The number of hydrogen-bond donors (Lipinski definition) is 2. The fourth-order valence-corrected chi connectivity index (χ4v) is 1.38. The van der Waals surface area contributed by atoms with Crippen LogP contribution in [0.5, 0.6) is 0 Å². The Morgan fingerprint density at radius 1 is 0.800 bits per heavy atom. The van der Waals surface area contributed by atoms with Crippen LogP contribution in [-0.2, 0) is 6.61 Å². The highest BCUT2D eigenvalue weighted by atomic mass is 16.3. The Morgan fingerprint density at radius 2 is 1.40 bits per heavy atom. The van der Waals surface area contributed by atoms with Gasteiger partial charge in [-0.2, -0.15) is 0 Å². The maximum absolute atomic E-state index is 8.90. The number of nitrogens with one attached hydrogen (secondary N) is 1. The third-order valence-electron chi connectivity index (χ3n) is 2.20. The van der Waals surface area contributed by atoms with Crippen molar-refractivity contribution in [3.05, 3.63) is 60.2 Å². The summed E-state index contributed by atoms with van der Waals surface area (Å²) in [5, 5.41) is 12.2. The average Bonchev–Trinajstić information content (AvgIpc) is 2.31. The maximum atomic E-state index is 8.90. The van der Waals surface area contributed by atoms with Gasteiger partial charge in [-0.1, -0.05) is 30.3 Å². The van der Waals surface area contributed by atoms with Gasteiger partial charge in [0.15, 0.2) is 0 Å². The second kappa shape index (κ2) is 4.62. The first-order valence-corrected chi connectivity index (χ1v) is 4.90. The third kappa shape index (κ3) is 2.58. The van der Waals surface area contributed by atoms with Crippen molar-refractivity contribution >= 4 is 11.4 Å². The van der Waals surface area contributed by atoms with E-state index in [4.69, 9.17) is 5.11 Å². The molecule has 0 aliphatic rings. The van der Waals surface area contributed by atoms with Gasteiger partial charge in [0.2, 0.25) is 0 Å². The van der Waals surface area contributed by atoms with Crippen molar-refractivity contribution in [3.63, 3.8) is 0 Å². The van der Waals surface area contributed by atoms with Crippen LogP contribution in [-0.4, -0.2) is 5.11 Å². The minimum Gasteiger partial charge on any atom is -0.392 e. The Morgan fingerprint density at radius 3 is 2.00 bits per heavy atom. The van der Waals surface area contributed by atoms with E-state index in [1.165, 1.54) is 0 Å². The first-order chi connectivity index (χ1) is 7.38. The molecule has 0 aromatic heterocycles. The van der Waals surface area contributed by atoms with Gasteiger partial charge in [0.1, 0.15) is 0 Å². The van der Waals surface area contributed by atoms with E-state index in [2.05, 4.69) is 5.32 Å². The van der Waals surface area contributed by atoms with Crippen LogP contribution in [0.25, 0.3) is 0 Å². The van der Waals surface area contributed by atoms with Crippen molar-refractivity contribution in [3.8, 4) is 0 Å². The fraction of sp³-hybridized carbons (Fsp3) is 0.0769. The lowest BCUT2D eigenvalue weighted by Crippen LogP contribution is -1.90. The molecule has 2 rings (SSSR count). The predicted molar refractivity (Wildman–Crippen MR) is 62.1 cm³/mol. The van der Waals surface area contributed by atoms with Crippen molar-refractivity contribution in [1.29, 1.82) is 0 Å². The van der Waals surface area contributed by atoms with E-state index in [0.29, 0.717) is 0 Å². The molecule has 0 unspecified atom stereocenters. The van der Waals surface area contributed by atoms with E-state index in [-0.39, 0.29) is 6.61 Å². The smallest absolute Gasteiger partial charge is 0.0681 e. The fourth-order valence-electron chi connectivity index (χ4n) is 1.38. The van der Waals surface area contributed by atoms with Crippen molar-refractivity contribution in [1.82, 2.24) is 0 Å². The van der Waals surface area contributed by atoms with Crippen LogP contribution in [0.3, 0.4) is 0 Å². The molecule has 0 spiro atoms. The number of anilines is 2. The molecule has 0 saturated carbocycles. The van der Waals surface area contributed by atoms with Crippen molar-refractivity contribution in [2.75, 3.05) is 5.32 Å². The molecule has 0 aliphatic carbocycles. The van der Waals surface area contributed by atoms with Crippen LogP contribution in [0.15, 0.2) is 54.6 Å². The molecule has 2 nitrogen and oxygen atoms in total. The molecule has 0 heterocycles. The Kier molecular flexibility index (Phi) is 3.00. The van der Waals surface area contributed by atoms with E-state index in [9.17, 15) is 0 Å². The number of para-hydroxylation sites is 1. The minimum atomic E-state index is 0.0889. The molecule has 0 saturated heterocycles. The summed E-state index contributed by atoms with van der Waals surface area (Å²) >= 11 is 0. The monoisotopic (exact) mass is 199 g/mol. The van der Waals surface area contributed by atoms with Crippen LogP contribution in [0.1, 0.15) is 5.56 Å². The van der Waals surface area contributed by atoms with Crippen LogP contribution in [0.4, 0.5) is 11.4 Å². The quantitative estimate of drug-likeness (QED) is 0.796. The van der Waals surface area contributed by atoms with Gasteiger partial charge in [-0.05, 0) is 29.8 Å². The lowest BCUT2D eigenvalue weighted by atomic mass is 10.2. The molecule has 15 heavy (non-hydrogen) atoms. The standard InChI is InChI=1S/C13H13NO/c15-10-11-6-8-13(9-7-11)14-12-4-2-1-3-5-12/h1-9,14-15H,10H2. The molecule has 0 fully saturated rings. The van der Waals surface area contributed by atoms with Gasteiger partial charge >= 0.3 is 0 Å². The van der Waals surface area contributed by atoms with E-state index in [1.54, 1.807) is 0 Å². The zero-order chi connectivity index (χ0) is 10.5. The second-order valence-corrected chi connectivity index (χ2v) is 3.35. The van der Waals surface area contributed by atoms with E-state index < -0.39 is 0 Å². The Labute approximate surface area is 89.2 Å².